The molecule has 2 nitrogen and oxygen atoms in total. The highest BCUT2D eigenvalue weighted by molar-refractivity contribution is 8.00. The second-order valence-corrected chi connectivity index (χ2v) is 7.10. The largest absolute Gasteiger partial charge is 0.315 e. The summed E-state index contributed by atoms with van der Waals surface area (Å²) in [5, 5.41) is 0. The van der Waals surface area contributed by atoms with Gasteiger partial charge >= 0.3 is 0 Å². The number of amides is 1. The van der Waals surface area contributed by atoms with Gasteiger partial charge in [0, 0.05) is 23.4 Å². The first-order valence-corrected chi connectivity index (χ1v) is 8.26. The van der Waals surface area contributed by atoms with Crippen LogP contribution in [0.5, 0.6) is 0 Å². The van der Waals surface area contributed by atoms with Crippen LogP contribution in [-0.4, -0.2) is 23.1 Å². The smallest absolute Gasteiger partial charge is 0.255 e. The van der Waals surface area contributed by atoms with E-state index in [0.29, 0.717) is 0 Å². The monoisotopic (exact) mass is 295 g/mol. The summed E-state index contributed by atoms with van der Waals surface area (Å²) >= 11 is 1.89. The van der Waals surface area contributed by atoms with E-state index in [1.807, 2.05) is 30.0 Å². The number of benzene rings is 2. The number of carbonyl (C=O) groups is 1. The fourth-order valence-electron chi connectivity index (χ4n) is 3.57. The van der Waals surface area contributed by atoms with Crippen molar-refractivity contribution >= 4 is 17.7 Å². The molecule has 0 unspecified atom stereocenters. The molecule has 2 aromatic carbocycles. The van der Waals surface area contributed by atoms with Crippen LogP contribution in [0.25, 0.3) is 0 Å². The molecule has 0 aromatic heterocycles. The van der Waals surface area contributed by atoms with Crippen molar-refractivity contribution in [2.75, 3.05) is 12.3 Å². The molecular formula is C18H17NOS. The number of aryl methyl sites for hydroxylation is 2. The summed E-state index contributed by atoms with van der Waals surface area (Å²) in [5.74, 6) is 1.17. The molecule has 4 rings (SSSR count). The Morgan fingerprint density at radius 1 is 1.10 bits per heavy atom. The minimum Gasteiger partial charge on any atom is -0.315 e. The molecule has 0 N–H and O–H groups in total. The first kappa shape index (κ1) is 13.0. The molecule has 3 heteroatoms. The predicted octanol–water partition coefficient (Wildman–Crippen LogP) is 3.71. The van der Waals surface area contributed by atoms with Gasteiger partial charge in [-0.05, 0) is 31.0 Å². The first-order valence-electron chi connectivity index (χ1n) is 7.28. The Kier molecular flexibility index (Phi) is 2.70. The molecule has 0 bridgehead atoms. The Morgan fingerprint density at radius 2 is 1.90 bits per heavy atom. The number of fused-ring (bicyclic) bond motifs is 3. The molecule has 106 valence electrons. The first-order chi connectivity index (χ1) is 10.1. The Morgan fingerprint density at radius 3 is 2.76 bits per heavy atom. The Balaban J connectivity index is 2.05. The molecule has 0 aliphatic carbocycles. The molecule has 2 aliphatic heterocycles. The topological polar surface area (TPSA) is 20.3 Å². The van der Waals surface area contributed by atoms with Crippen molar-refractivity contribution in [3.63, 3.8) is 0 Å². The lowest BCUT2D eigenvalue weighted by atomic mass is 9.92. The van der Waals surface area contributed by atoms with E-state index in [4.69, 9.17) is 0 Å². The zero-order chi connectivity index (χ0) is 14.6. The quantitative estimate of drug-likeness (QED) is 0.799. The molecule has 2 aliphatic rings. The molecule has 1 amide bonds. The lowest BCUT2D eigenvalue weighted by Crippen LogP contribution is -2.38. The Labute approximate surface area is 129 Å². The van der Waals surface area contributed by atoms with Crippen LogP contribution in [0.4, 0.5) is 0 Å². The second kappa shape index (κ2) is 4.38. The van der Waals surface area contributed by atoms with E-state index in [0.717, 1.165) is 23.4 Å². The Bertz CT molecular complexity index is 755. The molecular weight excluding hydrogens is 278 g/mol. The van der Waals surface area contributed by atoms with Crippen LogP contribution in [0.3, 0.4) is 0 Å². The summed E-state index contributed by atoms with van der Waals surface area (Å²) in [6.45, 7) is 5.09. The van der Waals surface area contributed by atoms with Crippen molar-refractivity contribution in [1.82, 2.24) is 4.90 Å². The molecule has 0 spiro atoms. The molecule has 1 saturated heterocycles. The third-order valence-corrected chi connectivity index (χ3v) is 6.00. The van der Waals surface area contributed by atoms with E-state index in [9.17, 15) is 4.79 Å². The van der Waals surface area contributed by atoms with Crippen LogP contribution in [-0.2, 0) is 4.87 Å². The number of hydrogen-bond acceptors (Lipinski definition) is 2. The fraction of sp³-hybridized carbons (Fsp3) is 0.278. The molecule has 21 heavy (non-hydrogen) atoms. The lowest BCUT2D eigenvalue weighted by molar-refractivity contribution is 0.0752. The van der Waals surface area contributed by atoms with E-state index in [1.54, 1.807) is 0 Å². The molecule has 2 aromatic rings. The SMILES string of the molecule is Cc1ccc(C)c([C@@]23SCCN2C(=O)c2ccccc23)c1. The highest BCUT2D eigenvalue weighted by Gasteiger charge is 2.54. The maximum absolute atomic E-state index is 12.8. The molecule has 1 fully saturated rings. The van der Waals surface area contributed by atoms with E-state index in [1.165, 1.54) is 16.7 Å². The molecule has 0 saturated carbocycles. The third kappa shape index (κ3) is 1.58. The summed E-state index contributed by atoms with van der Waals surface area (Å²) < 4.78 is 0. The van der Waals surface area contributed by atoms with Gasteiger partial charge in [-0.15, -0.1) is 11.8 Å². The zero-order valence-electron chi connectivity index (χ0n) is 12.2. The molecule has 0 radical (unpaired) electrons. The van der Waals surface area contributed by atoms with Crippen LogP contribution in [0.15, 0.2) is 42.5 Å². The fourth-order valence-corrected chi connectivity index (χ4v) is 5.18. The van der Waals surface area contributed by atoms with Crippen molar-refractivity contribution < 1.29 is 4.79 Å². The van der Waals surface area contributed by atoms with Crippen molar-refractivity contribution in [3.05, 3.63) is 70.3 Å². The van der Waals surface area contributed by atoms with Gasteiger partial charge in [-0.1, -0.05) is 42.0 Å². The minimum absolute atomic E-state index is 0.177. The normalized spacial score (nSPS) is 23.3. The predicted molar refractivity (Wildman–Crippen MR) is 86.6 cm³/mol. The van der Waals surface area contributed by atoms with Crippen LogP contribution >= 0.6 is 11.8 Å². The summed E-state index contributed by atoms with van der Waals surface area (Å²) in [5.41, 5.74) is 5.79. The summed E-state index contributed by atoms with van der Waals surface area (Å²) in [4.78, 5) is 14.5. The van der Waals surface area contributed by atoms with Crippen molar-refractivity contribution in [3.8, 4) is 0 Å². The average molecular weight is 295 g/mol. The van der Waals surface area contributed by atoms with Gasteiger partial charge < -0.3 is 4.90 Å². The van der Waals surface area contributed by atoms with Gasteiger partial charge in [0.2, 0.25) is 0 Å². The van der Waals surface area contributed by atoms with Gasteiger partial charge in [0.25, 0.3) is 5.91 Å². The maximum Gasteiger partial charge on any atom is 0.255 e. The minimum atomic E-state index is -0.316. The van der Waals surface area contributed by atoms with Gasteiger partial charge in [-0.25, -0.2) is 0 Å². The summed E-state index contributed by atoms with van der Waals surface area (Å²) in [7, 11) is 0. The summed E-state index contributed by atoms with van der Waals surface area (Å²) in [6, 6.07) is 14.6. The highest BCUT2D eigenvalue weighted by Crippen LogP contribution is 2.55. The van der Waals surface area contributed by atoms with E-state index in [-0.39, 0.29) is 10.8 Å². The molecule has 2 heterocycles. The van der Waals surface area contributed by atoms with Crippen LogP contribution in [0.1, 0.15) is 32.6 Å². The van der Waals surface area contributed by atoms with E-state index >= 15 is 0 Å². The van der Waals surface area contributed by atoms with E-state index in [2.05, 4.69) is 43.0 Å². The lowest BCUT2D eigenvalue weighted by Gasteiger charge is -2.34. The van der Waals surface area contributed by atoms with Gasteiger partial charge in [-0.3, -0.25) is 4.79 Å². The van der Waals surface area contributed by atoms with Gasteiger partial charge in [0.05, 0.1) is 0 Å². The highest BCUT2D eigenvalue weighted by atomic mass is 32.2. The van der Waals surface area contributed by atoms with Crippen molar-refractivity contribution in [1.29, 1.82) is 0 Å². The summed E-state index contributed by atoms with van der Waals surface area (Å²) in [6.07, 6.45) is 0. The van der Waals surface area contributed by atoms with Gasteiger partial charge in [0.1, 0.15) is 4.87 Å². The number of hydrogen-bond donors (Lipinski definition) is 0. The second-order valence-electron chi connectivity index (χ2n) is 5.81. The average Bonchev–Trinajstić information content (AvgIpc) is 3.02. The van der Waals surface area contributed by atoms with Gasteiger partial charge in [-0.2, -0.15) is 0 Å². The Hall–Kier alpha value is -1.74. The number of carbonyl (C=O) groups excluding carboxylic acids is 1. The van der Waals surface area contributed by atoms with Gasteiger partial charge in [0.15, 0.2) is 0 Å². The number of thioether (sulfide) groups is 1. The van der Waals surface area contributed by atoms with Crippen LogP contribution < -0.4 is 0 Å². The van der Waals surface area contributed by atoms with Crippen LogP contribution in [0, 0.1) is 13.8 Å². The van der Waals surface area contributed by atoms with Crippen molar-refractivity contribution in [2.24, 2.45) is 0 Å². The van der Waals surface area contributed by atoms with E-state index < -0.39 is 0 Å². The maximum atomic E-state index is 12.8. The number of nitrogens with zero attached hydrogens (tertiary/aromatic N) is 1. The number of rotatable bonds is 1. The zero-order valence-corrected chi connectivity index (χ0v) is 13.0. The van der Waals surface area contributed by atoms with Crippen LogP contribution in [0.2, 0.25) is 0 Å². The standard InChI is InChI=1S/C18H17NOS/c1-12-7-8-13(2)16(11-12)18-15-6-4-3-5-14(15)17(20)19(18)9-10-21-18/h3-8,11H,9-10H2,1-2H3/t18-/m1/s1. The molecule has 1 atom stereocenters. The third-order valence-electron chi connectivity index (χ3n) is 4.53. The van der Waals surface area contributed by atoms with Crippen molar-refractivity contribution in [2.45, 2.75) is 18.7 Å².